The number of hydrogen-bond acceptors (Lipinski definition) is 6. The van der Waals surface area contributed by atoms with Crippen LogP contribution in [0.4, 0.5) is 0 Å². The summed E-state index contributed by atoms with van der Waals surface area (Å²) in [7, 11) is 1.79. The first kappa shape index (κ1) is 14.8. The van der Waals surface area contributed by atoms with Crippen LogP contribution in [0.3, 0.4) is 0 Å². The van der Waals surface area contributed by atoms with E-state index >= 15 is 0 Å². The molecule has 15 heavy (non-hydrogen) atoms. The Kier molecular flexibility index (Phi) is 8.88. The van der Waals surface area contributed by atoms with Gasteiger partial charge in [0.1, 0.15) is 0 Å². The van der Waals surface area contributed by atoms with E-state index in [1.165, 1.54) is 0 Å². The minimum absolute atomic E-state index is 0.198. The van der Waals surface area contributed by atoms with Gasteiger partial charge in [-0.1, -0.05) is 0 Å². The normalized spacial score (nSPS) is 12.0. The molecule has 0 fully saturated rings. The van der Waals surface area contributed by atoms with E-state index in [9.17, 15) is 0 Å². The molecule has 0 aliphatic heterocycles. The minimum atomic E-state index is -0.442. The van der Waals surface area contributed by atoms with Gasteiger partial charge in [-0.15, -0.1) is 0 Å². The van der Waals surface area contributed by atoms with Crippen molar-refractivity contribution in [1.82, 2.24) is 10.2 Å². The Bertz CT molecular complexity index is 128. The highest BCUT2D eigenvalue weighted by Gasteiger charge is 2.23. The Balaban J connectivity index is 4.38. The van der Waals surface area contributed by atoms with E-state index in [1.54, 1.807) is 11.9 Å². The molecular formula is C9H22N2O4. The van der Waals surface area contributed by atoms with E-state index in [0.29, 0.717) is 13.1 Å². The molecule has 0 aliphatic carbocycles. The van der Waals surface area contributed by atoms with Gasteiger partial charge < -0.3 is 25.7 Å². The third kappa shape index (κ3) is 4.87. The molecule has 0 atom stereocenters. The smallest absolute Gasteiger partial charge is 0.0609 e. The fourth-order valence-corrected chi connectivity index (χ4v) is 1.44. The predicted molar refractivity (Wildman–Crippen MR) is 56.6 cm³/mol. The molecule has 0 amide bonds. The zero-order chi connectivity index (χ0) is 11.7. The van der Waals surface area contributed by atoms with Gasteiger partial charge in [-0.25, -0.2) is 0 Å². The molecule has 0 saturated carbocycles. The van der Waals surface area contributed by atoms with Gasteiger partial charge in [0.25, 0.3) is 0 Å². The number of nitrogens with one attached hydrogen (secondary N) is 1. The topological polar surface area (TPSA) is 96.2 Å². The number of likely N-dealkylation sites (N-methyl/N-ethyl adjacent to an activating group) is 1. The first-order valence-corrected chi connectivity index (χ1v) is 5.08. The Labute approximate surface area is 90.1 Å². The molecule has 5 N–H and O–H groups in total. The van der Waals surface area contributed by atoms with Crippen molar-refractivity contribution in [2.24, 2.45) is 0 Å². The van der Waals surface area contributed by atoms with Gasteiger partial charge in [-0.05, 0) is 7.05 Å². The molecule has 92 valence electrons. The number of aliphatic hydroxyl groups is 4. The van der Waals surface area contributed by atoms with E-state index in [2.05, 4.69) is 5.32 Å². The average Bonchev–Trinajstić information content (AvgIpc) is 2.28. The zero-order valence-corrected chi connectivity index (χ0v) is 9.13. The summed E-state index contributed by atoms with van der Waals surface area (Å²) in [6.07, 6.45) is 0. The van der Waals surface area contributed by atoms with E-state index in [4.69, 9.17) is 20.4 Å². The predicted octanol–water partition coefficient (Wildman–Crippen LogP) is -2.79. The van der Waals surface area contributed by atoms with Crippen molar-refractivity contribution in [2.75, 3.05) is 46.6 Å². The van der Waals surface area contributed by atoms with Gasteiger partial charge >= 0.3 is 0 Å². The monoisotopic (exact) mass is 222 g/mol. The lowest BCUT2D eigenvalue weighted by Gasteiger charge is -2.34. The van der Waals surface area contributed by atoms with Crippen LogP contribution in [0.5, 0.6) is 0 Å². The van der Waals surface area contributed by atoms with E-state index in [1.807, 2.05) is 0 Å². The molecule has 0 rings (SSSR count). The van der Waals surface area contributed by atoms with Gasteiger partial charge in [0.15, 0.2) is 0 Å². The molecule has 0 aromatic carbocycles. The van der Waals surface area contributed by atoms with E-state index < -0.39 is 12.1 Å². The fraction of sp³-hybridized carbons (Fsp3) is 1.00. The molecular weight excluding hydrogens is 200 g/mol. The van der Waals surface area contributed by atoms with Crippen molar-refractivity contribution in [1.29, 1.82) is 0 Å². The van der Waals surface area contributed by atoms with E-state index in [0.717, 1.165) is 0 Å². The standard InChI is InChI=1S/C9H22N2O4/c1-10-2-3-11(8(4-12)5-13)9(6-14)7-15/h8-10,12-15H,2-7H2,1H3. The summed E-state index contributed by atoms with van der Waals surface area (Å²) < 4.78 is 0. The van der Waals surface area contributed by atoms with Gasteiger partial charge in [0.05, 0.1) is 38.5 Å². The van der Waals surface area contributed by atoms with Crippen molar-refractivity contribution < 1.29 is 20.4 Å². The van der Waals surface area contributed by atoms with Crippen LogP contribution >= 0.6 is 0 Å². The lowest BCUT2D eigenvalue weighted by Crippen LogP contribution is -2.52. The van der Waals surface area contributed by atoms with Crippen LogP contribution in [-0.2, 0) is 0 Å². The molecule has 0 aromatic heterocycles. The molecule has 0 unspecified atom stereocenters. The summed E-state index contributed by atoms with van der Waals surface area (Å²) in [5, 5.41) is 39.1. The third-order valence-electron chi connectivity index (χ3n) is 2.40. The highest BCUT2D eigenvalue weighted by Crippen LogP contribution is 2.04. The maximum Gasteiger partial charge on any atom is 0.0609 e. The van der Waals surface area contributed by atoms with Gasteiger partial charge in [0, 0.05) is 13.1 Å². The third-order valence-corrected chi connectivity index (χ3v) is 2.40. The summed E-state index contributed by atoms with van der Waals surface area (Å²) in [6.45, 7) is 0.419. The molecule has 0 heterocycles. The first-order chi connectivity index (χ1) is 7.24. The second-order valence-corrected chi connectivity index (χ2v) is 3.38. The molecule has 0 radical (unpaired) electrons. The Morgan fingerprint density at radius 2 is 1.33 bits per heavy atom. The highest BCUT2D eigenvalue weighted by atomic mass is 16.3. The lowest BCUT2D eigenvalue weighted by atomic mass is 10.2. The number of hydrogen-bond donors (Lipinski definition) is 5. The van der Waals surface area contributed by atoms with Gasteiger partial charge in [-0.3, -0.25) is 4.90 Å². The van der Waals surface area contributed by atoms with Crippen molar-refractivity contribution in [3.63, 3.8) is 0 Å². The fourth-order valence-electron chi connectivity index (χ4n) is 1.44. The number of nitrogens with zero attached hydrogens (tertiary/aromatic N) is 1. The molecule has 0 saturated heterocycles. The summed E-state index contributed by atoms with van der Waals surface area (Å²) >= 11 is 0. The van der Waals surface area contributed by atoms with Crippen LogP contribution in [0, 0.1) is 0 Å². The second kappa shape index (κ2) is 9.02. The van der Waals surface area contributed by atoms with Crippen molar-refractivity contribution in [3.05, 3.63) is 0 Å². The zero-order valence-electron chi connectivity index (χ0n) is 9.13. The summed E-state index contributed by atoms with van der Waals surface area (Å²) in [5.74, 6) is 0. The highest BCUT2D eigenvalue weighted by molar-refractivity contribution is 4.78. The van der Waals surface area contributed by atoms with Gasteiger partial charge in [0.2, 0.25) is 0 Å². The SMILES string of the molecule is CNCCN(C(CO)CO)C(CO)CO. The summed E-state index contributed by atoms with van der Waals surface area (Å²) in [4.78, 5) is 1.70. The van der Waals surface area contributed by atoms with Crippen LogP contribution in [0.1, 0.15) is 0 Å². The van der Waals surface area contributed by atoms with E-state index in [-0.39, 0.29) is 26.4 Å². The summed E-state index contributed by atoms with van der Waals surface area (Å²) in [5.41, 5.74) is 0. The molecule has 0 spiro atoms. The van der Waals surface area contributed by atoms with Gasteiger partial charge in [-0.2, -0.15) is 0 Å². The molecule has 0 aliphatic rings. The van der Waals surface area contributed by atoms with Crippen LogP contribution in [0.15, 0.2) is 0 Å². The van der Waals surface area contributed by atoms with Crippen LogP contribution < -0.4 is 5.32 Å². The first-order valence-electron chi connectivity index (χ1n) is 5.08. The Morgan fingerprint density at radius 1 is 0.933 bits per heavy atom. The van der Waals surface area contributed by atoms with Crippen LogP contribution in [0.2, 0.25) is 0 Å². The Hall–Kier alpha value is -0.240. The second-order valence-electron chi connectivity index (χ2n) is 3.38. The molecule has 6 nitrogen and oxygen atoms in total. The molecule has 0 bridgehead atoms. The maximum absolute atomic E-state index is 9.05. The summed E-state index contributed by atoms with van der Waals surface area (Å²) in [6, 6.07) is -0.884. The lowest BCUT2D eigenvalue weighted by molar-refractivity contribution is 0.00286. The number of rotatable bonds is 9. The van der Waals surface area contributed by atoms with Crippen molar-refractivity contribution in [3.8, 4) is 0 Å². The quantitative estimate of drug-likeness (QED) is 0.289. The largest absolute Gasteiger partial charge is 0.395 e. The van der Waals surface area contributed by atoms with Crippen molar-refractivity contribution >= 4 is 0 Å². The average molecular weight is 222 g/mol. The molecule has 6 heteroatoms. The minimum Gasteiger partial charge on any atom is -0.395 e. The van der Waals surface area contributed by atoms with Crippen molar-refractivity contribution in [2.45, 2.75) is 12.1 Å². The number of aliphatic hydroxyl groups excluding tert-OH is 4. The Morgan fingerprint density at radius 3 is 1.60 bits per heavy atom. The maximum atomic E-state index is 9.05. The van der Waals surface area contributed by atoms with Crippen LogP contribution in [-0.4, -0.2) is 84.0 Å². The van der Waals surface area contributed by atoms with Crippen LogP contribution in [0.25, 0.3) is 0 Å². The molecule has 0 aromatic rings.